The highest BCUT2D eigenvalue weighted by molar-refractivity contribution is 5.42. The van der Waals surface area contributed by atoms with E-state index in [4.69, 9.17) is 0 Å². The van der Waals surface area contributed by atoms with Crippen LogP contribution in [0.5, 0.6) is 0 Å². The summed E-state index contributed by atoms with van der Waals surface area (Å²) in [7, 11) is 1.36. The first-order chi connectivity index (χ1) is 9.99. The van der Waals surface area contributed by atoms with Crippen molar-refractivity contribution in [2.24, 2.45) is 7.05 Å². The number of nitro groups is 1. The lowest BCUT2D eigenvalue weighted by molar-refractivity contribution is -0.385. The van der Waals surface area contributed by atoms with Gasteiger partial charge >= 0.3 is 5.69 Å². The van der Waals surface area contributed by atoms with E-state index in [0.717, 1.165) is 27.6 Å². The number of rotatable bonds is 2. The molecule has 9 heteroatoms. The second-order valence-electron chi connectivity index (χ2n) is 3.22. The van der Waals surface area contributed by atoms with Crippen molar-refractivity contribution in [3.05, 3.63) is 44.6 Å². The van der Waals surface area contributed by atoms with Crippen molar-refractivity contribution in [1.82, 2.24) is 19.8 Å². The number of aryl methyl sites for hydroxylation is 1. The summed E-state index contributed by atoms with van der Waals surface area (Å²) in [4.78, 5) is 21.3. The van der Waals surface area contributed by atoms with E-state index in [2.05, 4.69) is 10.4 Å². The van der Waals surface area contributed by atoms with Gasteiger partial charge in [-0.2, -0.15) is 9.36 Å². The normalized spacial score (nSPS) is 9.05. The number of hydrogen-bond donors (Lipinski definition) is 0. The Morgan fingerprint density at radius 1 is 1.14 bits per heavy atom. The first kappa shape index (κ1) is 18.4. The van der Waals surface area contributed by atoms with Gasteiger partial charge in [-0.3, -0.25) is 10.1 Å². The minimum Gasteiger partial charge on any atom is -0.258 e. The second kappa shape index (κ2) is 8.56. The summed E-state index contributed by atoms with van der Waals surface area (Å²) in [5.74, 6) is -0.827. The molecule has 21 heavy (non-hydrogen) atoms. The lowest BCUT2D eigenvalue weighted by atomic mass is 10.3. The predicted octanol–water partition coefficient (Wildman–Crippen LogP) is 2.07. The van der Waals surface area contributed by atoms with E-state index in [0.29, 0.717) is 0 Å². The molecule has 0 saturated heterocycles. The van der Waals surface area contributed by atoms with Gasteiger partial charge in [-0.15, -0.1) is 0 Å². The number of nitrogens with zero attached hydrogens (tertiary/aromatic N) is 5. The number of aromatic nitrogens is 4. The van der Waals surface area contributed by atoms with Crippen LogP contribution in [-0.4, -0.2) is 24.7 Å². The maximum Gasteiger partial charge on any atom is 0.368 e. The molecule has 0 atom stereocenters. The van der Waals surface area contributed by atoms with Crippen LogP contribution in [0, 0.1) is 15.9 Å². The van der Waals surface area contributed by atoms with Gasteiger partial charge in [0.1, 0.15) is 5.82 Å². The molecule has 0 aliphatic carbocycles. The Labute approximate surface area is 120 Å². The Morgan fingerprint density at radius 2 is 1.71 bits per heavy atom. The summed E-state index contributed by atoms with van der Waals surface area (Å²) in [5, 5.41) is 17.4. The average Bonchev–Trinajstić information content (AvgIpc) is 2.82. The first-order valence-electron chi connectivity index (χ1n) is 6.43. The zero-order valence-corrected chi connectivity index (χ0v) is 12.6. The molecule has 0 bridgehead atoms. The molecular formula is C12H18FN5O3. The van der Waals surface area contributed by atoms with Crippen LogP contribution in [0.3, 0.4) is 0 Å². The first-order valence-corrected chi connectivity index (χ1v) is 6.43. The van der Waals surface area contributed by atoms with E-state index in [1.165, 1.54) is 7.05 Å². The average molecular weight is 299 g/mol. The van der Waals surface area contributed by atoms with Crippen molar-refractivity contribution in [3.8, 4) is 5.69 Å². The number of halogens is 1. The minimum absolute atomic E-state index is 0.0465. The molecule has 1 aromatic heterocycles. The predicted molar refractivity (Wildman–Crippen MR) is 75.9 cm³/mol. The monoisotopic (exact) mass is 299 g/mol. The highest BCUT2D eigenvalue weighted by Crippen LogP contribution is 2.17. The van der Waals surface area contributed by atoms with Gasteiger partial charge in [0.05, 0.1) is 16.7 Å². The molecule has 1 heterocycles. The van der Waals surface area contributed by atoms with E-state index in [9.17, 15) is 19.3 Å². The maximum atomic E-state index is 13.1. The molecular weight excluding hydrogens is 281 g/mol. The van der Waals surface area contributed by atoms with Crippen molar-refractivity contribution >= 4 is 5.69 Å². The Morgan fingerprint density at radius 3 is 2.14 bits per heavy atom. The molecule has 116 valence electrons. The molecule has 0 radical (unpaired) electrons. The SMILES string of the molecule is CC.CC.Cn1nnn(-c2cc(F)cc([N+](=O)[O-])c2)c1=O. The van der Waals surface area contributed by atoms with Crippen LogP contribution >= 0.6 is 0 Å². The van der Waals surface area contributed by atoms with Crippen LogP contribution in [0.15, 0.2) is 23.0 Å². The third-order valence-electron chi connectivity index (χ3n) is 2.04. The third kappa shape index (κ3) is 4.48. The van der Waals surface area contributed by atoms with E-state index < -0.39 is 22.1 Å². The van der Waals surface area contributed by atoms with Gasteiger partial charge in [0, 0.05) is 19.2 Å². The Hall–Kier alpha value is -2.58. The third-order valence-corrected chi connectivity index (χ3v) is 2.04. The number of nitro benzene ring substituents is 1. The Kier molecular flexibility index (Phi) is 7.51. The fourth-order valence-electron chi connectivity index (χ4n) is 1.26. The van der Waals surface area contributed by atoms with Crippen LogP contribution in [0.4, 0.5) is 10.1 Å². The fourth-order valence-corrected chi connectivity index (χ4v) is 1.26. The molecule has 2 rings (SSSR count). The van der Waals surface area contributed by atoms with E-state index in [1.54, 1.807) is 0 Å². The number of hydrogen-bond acceptors (Lipinski definition) is 5. The van der Waals surface area contributed by atoms with E-state index in [1.807, 2.05) is 27.7 Å². The molecule has 0 unspecified atom stereocenters. The van der Waals surface area contributed by atoms with Gasteiger partial charge in [0.15, 0.2) is 0 Å². The van der Waals surface area contributed by atoms with Gasteiger partial charge in [-0.25, -0.2) is 9.18 Å². The molecule has 0 aliphatic heterocycles. The maximum absolute atomic E-state index is 13.1. The highest BCUT2D eigenvalue weighted by atomic mass is 19.1. The fraction of sp³-hybridized carbons (Fsp3) is 0.417. The molecule has 2 aromatic rings. The molecule has 0 spiro atoms. The summed E-state index contributed by atoms with van der Waals surface area (Å²) in [6, 6.07) is 2.76. The second-order valence-corrected chi connectivity index (χ2v) is 3.22. The molecule has 0 aliphatic rings. The van der Waals surface area contributed by atoms with Crippen LogP contribution in [0.1, 0.15) is 27.7 Å². The molecule has 0 fully saturated rings. The molecule has 1 aromatic carbocycles. The number of benzene rings is 1. The zero-order chi connectivity index (χ0) is 16.6. The van der Waals surface area contributed by atoms with Crippen molar-refractivity contribution in [2.75, 3.05) is 0 Å². The summed E-state index contributed by atoms with van der Waals surface area (Å²) in [5.41, 5.74) is -1.13. The summed E-state index contributed by atoms with van der Waals surface area (Å²) >= 11 is 0. The highest BCUT2D eigenvalue weighted by Gasteiger charge is 2.13. The van der Waals surface area contributed by atoms with Gasteiger partial charge < -0.3 is 0 Å². The summed E-state index contributed by atoms with van der Waals surface area (Å²) in [6.07, 6.45) is 0. The van der Waals surface area contributed by atoms with E-state index in [-0.39, 0.29) is 5.69 Å². The largest absolute Gasteiger partial charge is 0.368 e. The van der Waals surface area contributed by atoms with Gasteiger partial charge in [0.2, 0.25) is 0 Å². The summed E-state index contributed by atoms with van der Waals surface area (Å²) in [6.45, 7) is 8.00. The van der Waals surface area contributed by atoms with Crippen LogP contribution in [-0.2, 0) is 7.05 Å². The molecule has 8 nitrogen and oxygen atoms in total. The molecule has 0 saturated carbocycles. The van der Waals surface area contributed by atoms with Crippen LogP contribution in [0.25, 0.3) is 5.69 Å². The Bertz CT molecular complexity index is 651. The van der Waals surface area contributed by atoms with Crippen molar-refractivity contribution in [2.45, 2.75) is 27.7 Å². The standard InChI is InChI=1S/C8H6FN5O3.2C2H6/c1-12-8(15)13(11-10-12)6-2-5(9)3-7(4-6)14(16)17;2*1-2/h2-4H,1H3;2*1-2H3. The Balaban J connectivity index is 0.000000921. The van der Waals surface area contributed by atoms with Crippen LogP contribution in [0.2, 0.25) is 0 Å². The van der Waals surface area contributed by atoms with Gasteiger partial charge in [-0.05, 0) is 10.4 Å². The smallest absolute Gasteiger partial charge is 0.258 e. The van der Waals surface area contributed by atoms with Gasteiger partial charge in [0.25, 0.3) is 5.69 Å². The van der Waals surface area contributed by atoms with Crippen LogP contribution < -0.4 is 5.69 Å². The van der Waals surface area contributed by atoms with Crippen molar-refractivity contribution in [1.29, 1.82) is 0 Å². The quantitative estimate of drug-likeness (QED) is 0.624. The number of non-ortho nitro benzene ring substituents is 1. The van der Waals surface area contributed by atoms with Crippen molar-refractivity contribution in [3.63, 3.8) is 0 Å². The minimum atomic E-state index is -0.827. The molecule has 0 amide bonds. The van der Waals surface area contributed by atoms with Crippen molar-refractivity contribution < 1.29 is 9.31 Å². The molecule has 0 N–H and O–H groups in total. The lowest BCUT2D eigenvalue weighted by Gasteiger charge is -1.98. The van der Waals surface area contributed by atoms with Gasteiger partial charge in [-0.1, -0.05) is 27.7 Å². The van der Waals surface area contributed by atoms with E-state index >= 15 is 0 Å². The topological polar surface area (TPSA) is 95.8 Å². The lowest BCUT2D eigenvalue weighted by Crippen LogP contribution is -2.22. The summed E-state index contributed by atoms with van der Waals surface area (Å²) < 4.78 is 14.8. The zero-order valence-electron chi connectivity index (χ0n) is 12.6. The number of tetrazole rings is 1.